The molecule has 1 N–H and O–H groups in total. The number of phenols is 1. The molecule has 0 aliphatic rings. The molecule has 0 aliphatic heterocycles. The van der Waals surface area contributed by atoms with Crippen LogP contribution in [0.2, 0.25) is 0 Å². The second-order valence-electron chi connectivity index (χ2n) is 5.72. The lowest BCUT2D eigenvalue weighted by atomic mass is 10.1. The van der Waals surface area contributed by atoms with Crippen LogP contribution in [0.3, 0.4) is 0 Å². The summed E-state index contributed by atoms with van der Waals surface area (Å²) in [5, 5.41) is 9.28. The molecule has 0 saturated carbocycles. The largest absolute Gasteiger partial charge is 0.508 e. The van der Waals surface area contributed by atoms with Crippen molar-refractivity contribution >= 4 is 0 Å². The lowest BCUT2D eigenvalue weighted by molar-refractivity contribution is -0.903. The Morgan fingerprint density at radius 1 is 0.842 bits per heavy atom. The summed E-state index contributed by atoms with van der Waals surface area (Å²) in [5.41, 5.74) is 2.65. The number of hydrogen-bond acceptors (Lipinski definition) is 1. The molecule has 100 valence electrons. The van der Waals surface area contributed by atoms with Crippen LogP contribution >= 0.6 is 0 Å². The molecule has 0 amide bonds. The zero-order valence-electron chi connectivity index (χ0n) is 11.7. The number of nitrogens with zero attached hydrogens (tertiary/aromatic N) is 1. The normalized spacial score (nSPS) is 11.5. The number of aromatic hydroxyl groups is 1. The minimum atomic E-state index is 0.335. The van der Waals surface area contributed by atoms with Gasteiger partial charge in [0.2, 0.25) is 0 Å². The summed E-state index contributed by atoms with van der Waals surface area (Å²) in [5.74, 6) is 0.335. The molecular formula is C17H22NO+. The van der Waals surface area contributed by atoms with Crippen LogP contribution in [0.15, 0.2) is 54.6 Å². The van der Waals surface area contributed by atoms with Crippen LogP contribution in [0.25, 0.3) is 0 Å². The molecule has 0 atom stereocenters. The first-order chi connectivity index (χ1) is 9.05. The van der Waals surface area contributed by atoms with Crippen molar-refractivity contribution < 1.29 is 9.59 Å². The first kappa shape index (κ1) is 13.6. The first-order valence-electron chi connectivity index (χ1n) is 6.69. The minimum absolute atomic E-state index is 0.335. The molecule has 0 saturated heterocycles. The van der Waals surface area contributed by atoms with Crippen LogP contribution in [0.4, 0.5) is 0 Å². The molecule has 0 heterocycles. The Morgan fingerprint density at radius 3 is 2.11 bits per heavy atom. The lowest BCUT2D eigenvalue weighted by Crippen LogP contribution is -2.40. The van der Waals surface area contributed by atoms with Gasteiger partial charge in [-0.2, -0.15) is 0 Å². The van der Waals surface area contributed by atoms with Gasteiger partial charge in [0, 0.05) is 12.0 Å². The number of phenolic OH excluding ortho intramolecular Hbond substituents is 1. The molecule has 2 rings (SSSR count). The molecule has 19 heavy (non-hydrogen) atoms. The highest BCUT2D eigenvalue weighted by Crippen LogP contribution is 2.13. The third-order valence-corrected chi connectivity index (χ3v) is 3.40. The van der Waals surface area contributed by atoms with Gasteiger partial charge in [0.15, 0.2) is 0 Å². The molecule has 2 heteroatoms. The van der Waals surface area contributed by atoms with E-state index in [-0.39, 0.29) is 0 Å². The third-order valence-electron chi connectivity index (χ3n) is 3.40. The average molecular weight is 256 g/mol. The Morgan fingerprint density at radius 2 is 1.47 bits per heavy atom. The van der Waals surface area contributed by atoms with Crippen LogP contribution in [-0.4, -0.2) is 30.2 Å². The fraction of sp³-hybridized carbons (Fsp3) is 0.294. The van der Waals surface area contributed by atoms with E-state index in [1.165, 1.54) is 11.1 Å². The standard InChI is InChI=1S/C17H21NO/c1-18(2,14-16-6-4-3-5-7-16)13-12-15-8-10-17(19)11-9-15/h3-11H,12-14H2,1-2H3/p+1. The van der Waals surface area contributed by atoms with Gasteiger partial charge in [-0.25, -0.2) is 0 Å². The zero-order valence-corrected chi connectivity index (χ0v) is 11.7. The van der Waals surface area contributed by atoms with Crippen molar-refractivity contribution in [3.05, 3.63) is 65.7 Å². The van der Waals surface area contributed by atoms with Gasteiger partial charge in [-0.05, 0) is 17.7 Å². The number of benzene rings is 2. The van der Waals surface area contributed by atoms with Gasteiger partial charge < -0.3 is 9.59 Å². The van der Waals surface area contributed by atoms with Crippen LogP contribution < -0.4 is 0 Å². The molecule has 2 aromatic rings. The predicted octanol–water partition coefficient (Wildman–Crippen LogP) is 3.21. The molecule has 2 aromatic carbocycles. The summed E-state index contributed by atoms with van der Waals surface area (Å²) < 4.78 is 0.963. The van der Waals surface area contributed by atoms with Gasteiger partial charge in [0.1, 0.15) is 12.3 Å². The minimum Gasteiger partial charge on any atom is -0.508 e. The predicted molar refractivity (Wildman–Crippen MR) is 78.9 cm³/mol. The van der Waals surface area contributed by atoms with Gasteiger partial charge in [0.05, 0.1) is 20.6 Å². The van der Waals surface area contributed by atoms with E-state index in [0.717, 1.165) is 24.0 Å². The Labute approximate surface area is 115 Å². The molecule has 0 radical (unpaired) electrons. The van der Waals surface area contributed by atoms with Crippen molar-refractivity contribution in [3.63, 3.8) is 0 Å². The molecule has 0 fully saturated rings. The van der Waals surface area contributed by atoms with E-state index in [1.807, 2.05) is 12.1 Å². The summed E-state index contributed by atoms with van der Waals surface area (Å²) in [4.78, 5) is 0. The van der Waals surface area contributed by atoms with E-state index < -0.39 is 0 Å². The van der Waals surface area contributed by atoms with Crippen LogP contribution in [0.5, 0.6) is 5.75 Å². The van der Waals surface area contributed by atoms with Crippen molar-refractivity contribution in [2.75, 3.05) is 20.6 Å². The van der Waals surface area contributed by atoms with Gasteiger partial charge in [-0.3, -0.25) is 0 Å². The summed E-state index contributed by atoms with van der Waals surface area (Å²) in [7, 11) is 4.51. The van der Waals surface area contributed by atoms with E-state index in [1.54, 1.807) is 12.1 Å². The smallest absolute Gasteiger partial charge is 0.115 e. The van der Waals surface area contributed by atoms with E-state index in [4.69, 9.17) is 0 Å². The van der Waals surface area contributed by atoms with Gasteiger partial charge in [-0.1, -0.05) is 42.5 Å². The summed E-state index contributed by atoms with van der Waals surface area (Å²) in [6.07, 6.45) is 1.03. The van der Waals surface area contributed by atoms with E-state index >= 15 is 0 Å². The fourth-order valence-electron chi connectivity index (χ4n) is 2.25. The van der Waals surface area contributed by atoms with Crippen molar-refractivity contribution in [2.24, 2.45) is 0 Å². The molecule has 0 aromatic heterocycles. The van der Waals surface area contributed by atoms with Gasteiger partial charge in [0.25, 0.3) is 0 Å². The van der Waals surface area contributed by atoms with Crippen molar-refractivity contribution in [3.8, 4) is 5.75 Å². The van der Waals surface area contributed by atoms with Crippen LogP contribution in [0.1, 0.15) is 11.1 Å². The van der Waals surface area contributed by atoms with E-state index in [2.05, 4.69) is 44.4 Å². The highest BCUT2D eigenvalue weighted by atomic mass is 16.3. The Kier molecular flexibility index (Phi) is 4.23. The molecule has 0 spiro atoms. The summed E-state index contributed by atoms with van der Waals surface area (Å²) >= 11 is 0. The fourth-order valence-corrected chi connectivity index (χ4v) is 2.25. The molecule has 0 unspecified atom stereocenters. The molecule has 0 aliphatic carbocycles. The molecule has 0 bridgehead atoms. The third kappa shape index (κ3) is 4.42. The summed E-state index contributed by atoms with van der Waals surface area (Å²) in [6, 6.07) is 18.1. The van der Waals surface area contributed by atoms with Crippen LogP contribution in [0, 0.1) is 0 Å². The molecule has 2 nitrogen and oxygen atoms in total. The first-order valence-corrected chi connectivity index (χ1v) is 6.69. The van der Waals surface area contributed by atoms with Crippen LogP contribution in [-0.2, 0) is 13.0 Å². The Bertz CT molecular complexity index is 503. The number of hydrogen-bond donors (Lipinski definition) is 1. The van der Waals surface area contributed by atoms with E-state index in [9.17, 15) is 5.11 Å². The zero-order chi connectivity index (χ0) is 13.7. The highest BCUT2D eigenvalue weighted by molar-refractivity contribution is 5.25. The average Bonchev–Trinajstić information content (AvgIpc) is 2.39. The topological polar surface area (TPSA) is 20.2 Å². The highest BCUT2D eigenvalue weighted by Gasteiger charge is 2.15. The maximum absolute atomic E-state index is 9.28. The Hall–Kier alpha value is -1.80. The van der Waals surface area contributed by atoms with Crippen molar-refractivity contribution in [1.29, 1.82) is 0 Å². The quantitative estimate of drug-likeness (QED) is 0.814. The monoisotopic (exact) mass is 256 g/mol. The van der Waals surface area contributed by atoms with Gasteiger partial charge >= 0.3 is 0 Å². The van der Waals surface area contributed by atoms with E-state index in [0.29, 0.717) is 5.75 Å². The maximum Gasteiger partial charge on any atom is 0.115 e. The Balaban J connectivity index is 1.92. The van der Waals surface area contributed by atoms with Gasteiger partial charge in [-0.15, -0.1) is 0 Å². The molecular weight excluding hydrogens is 234 g/mol. The number of rotatable bonds is 5. The summed E-state index contributed by atoms with van der Waals surface area (Å²) in [6.45, 7) is 2.12. The van der Waals surface area contributed by atoms with Crippen molar-refractivity contribution in [2.45, 2.75) is 13.0 Å². The van der Waals surface area contributed by atoms with Crippen molar-refractivity contribution in [1.82, 2.24) is 0 Å². The maximum atomic E-state index is 9.28. The second kappa shape index (κ2) is 5.89. The second-order valence-corrected chi connectivity index (χ2v) is 5.72. The number of likely N-dealkylation sites (N-methyl/N-ethyl adjacent to an activating group) is 1. The SMILES string of the molecule is C[N+](C)(CCc1ccc(O)cc1)Cc1ccccc1. The number of quaternary nitrogens is 1. The lowest BCUT2D eigenvalue weighted by Gasteiger charge is -2.30.